The first-order valence-electron chi connectivity index (χ1n) is 4.16. The van der Waals surface area contributed by atoms with Crippen LogP contribution in [0.2, 0.25) is 5.02 Å². The lowest BCUT2D eigenvalue weighted by atomic mass is 10.1. The zero-order valence-corrected chi connectivity index (χ0v) is 8.59. The van der Waals surface area contributed by atoms with E-state index in [1.54, 1.807) is 6.92 Å². The van der Waals surface area contributed by atoms with Gasteiger partial charge in [0, 0.05) is 12.4 Å². The largest absolute Gasteiger partial charge is 0.462 e. The fraction of sp³-hybridized carbons (Fsp3) is 0.333. The molecule has 0 aliphatic heterocycles. The number of nitrogens with zero attached hydrogens (tertiary/aromatic N) is 1. The fourth-order valence-electron chi connectivity index (χ4n) is 1.04. The molecule has 0 fully saturated rings. The molecule has 0 spiro atoms. The summed E-state index contributed by atoms with van der Waals surface area (Å²) in [5, 5.41) is -0.240. The Balaban J connectivity index is 3.17. The molecule has 15 heavy (non-hydrogen) atoms. The molecular formula is C9H8ClF2NO2. The Morgan fingerprint density at radius 2 is 2.27 bits per heavy atom. The van der Waals surface area contributed by atoms with E-state index >= 15 is 0 Å². The first kappa shape index (κ1) is 11.8. The van der Waals surface area contributed by atoms with Crippen molar-refractivity contribution in [2.75, 3.05) is 6.61 Å². The van der Waals surface area contributed by atoms with E-state index in [2.05, 4.69) is 9.72 Å². The molecule has 0 atom stereocenters. The molecule has 0 aliphatic carbocycles. The SMILES string of the molecule is CCOC(=O)c1cncc(Cl)c1C(F)F. The summed E-state index contributed by atoms with van der Waals surface area (Å²) in [7, 11) is 0. The van der Waals surface area contributed by atoms with Gasteiger partial charge in [-0.2, -0.15) is 0 Å². The van der Waals surface area contributed by atoms with Gasteiger partial charge in [-0.05, 0) is 6.92 Å². The monoisotopic (exact) mass is 235 g/mol. The third-order valence-corrected chi connectivity index (χ3v) is 1.95. The third-order valence-electron chi connectivity index (χ3n) is 1.65. The maximum atomic E-state index is 12.6. The van der Waals surface area contributed by atoms with E-state index in [0.29, 0.717) is 0 Å². The van der Waals surface area contributed by atoms with Crippen LogP contribution in [0.4, 0.5) is 8.78 Å². The van der Waals surface area contributed by atoms with Crippen LogP contribution in [0.25, 0.3) is 0 Å². The first-order valence-corrected chi connectivity index (χ1v) is 4.54. The van der Waals surface area contributed by atoms with Crippen LogP contribution in [0.5, 0.6) is 0 Å². The first-order chi connectivity index (χ1) is 7.07. The predicted molar refractivity (Wildman–Crippen MR) is 50.2 cm³/mol. The minimum absolute atomic E-state index is 0.105. The maximum Gasteiger partial charge on any atom is 0.340 e. The number of esters is 1. The highest BCUT2D eigenvalue weighted by molar-refractivity contribution is 6.31. The number of aromatic nitrogens is 1. The number of ether oxygens (including phenoxy) is 1. The van der Waals surface area contributed by atoms with Crippen LogP contribution in [0.3, 0.4) is 0 Å². The minimum atomic E-state index is -2.83. The molecule has 0 bridgehead atoms. The summed E-state index contributed by atoms with van der Waals surface area (Å²) in [6, 6.07) is 0. The van der Waals surface area contributed by atoms with Gasteiger partial charge >= 0.3 is 5.97 Å². The zero-order chi connectivity index (χ0) is 11.4. The van der Waals surface area contributed by atoms with E-state index in [9.17, 15) is 13.6 Å². The molecule has 1 aromatic heterocycles. The van der Waals surface area contributed by atoms with Gasteiger partial charge in [-0.3, -0.25) is 4.98 Å². The summed E-state index contributed by atoms with van der Waals surface area (Å²) in [5.41, 5.74) is -0.829. The van der Waals surface area contributed by atoms with E-state index < -0.39 is 18.0 Å². The molecule has 82 valence electrons. The summed E-state index contributed by atoms with van der Waals surface area (Å²) in [5.74, 6) is -0.845. The Labute approximate surface area is 90.0 Å². The summed E-state index contributed by atoms with van der Waals surface area (Å²) >= 11 is 5.52. The van der Waals surface area contributed by atoms with Crippen molar-refractivity contribution in [3.63, 3.8) is 0 Å². The lowest BCUT2D eigenvalue weighted by Crippen LogP contribution is -2.09. The van der Waals surface area contributed by atoms with Gasteiger partial charge in [0.25, 0.3) is 6.43 Å². The Morgan fingerprint density at radius 3 is 2.80 bits per heavy atom. The number of alkyl halides is 2. The van der Waals surface area contributed by atoms with E-state index in [1.165, 1.54) is 0 Å². The molecule has 6 heteroatoms. The van der Waals surface area contributed by atoms with Crippen LogP contribution in [0.1, 0.15) is 29.3 Å². The van der Waals surface area contributed by atoms with E-state index in [4.69, 9.17) is 11.6 Å². The summed E-state index contributed by atoms with van der Waals surface area (Å²) < 4.78 is 29.7. The van der Waals surface area contributed by atoms with Crippen LogP contribution in [0.15, 0.2) is 12.4 Å². The van der Waals surface area contributed by atoms with Crippen LogP contribution in [-0.4, -0.2) is 17.6 Å². The summed E-state index contributed by atoms with van der Waals surface area (Å²) in [6.07, 6.45) is -0.753. The number of rotatable bonds is 3. The molecule has 3 nitrogen and oxygen atoms in total. The zero-order valence-electron chi connectivity index (χ0n) is 7.84. The number of pyridine rings is 1. The van der Waals surface area contributed by atoms with E-state index in [-0.39, 0.29) is 17.2 Å². The molecule has 0 aliphatic rings. The van der Waals surface area contributed by atoms with Crippen molar-refractivity contribution < 1.29 is 18.3 Å². The smallest absolute Gasteiger partial charge is 0.340 e. The van der Waals surface area contributed by atoms with Crippen molar-refractivity contribution in [2.24, 2.45) is 0 Å². The molecular weight excluding hydrogens is 228 g/mol. The highest BCUT2D eigenvalue weighted by Crippen LogP contribution is 2.29. The van der Waals surface area contributed by atoms with Gasteiger partial charge in [0.05, 0.1) is 22.8 Å². The predicted octanol–water partition coefficient (Wildman–Crippen LogP) is 2.85. The molecule has 0 aromatic carbocycles. The van der Waals surface area contributed by atoms with E-state index in [1.807, 2.05) is 0 Å². The standard InChI is InChI=1S/C9H8ClF2NO2/c1-2-15-9(14)5-3-13-4-6(10)7(5)8(11)12/h3-4,8H,2H2,1H3. The molecule has 0 radical (unpaired) electrons. The third kappa shape index (κ3) is 2.62. The highest BCUT2D eigenvalue weighted by atomic mass is 35.5. The van der Waals surface area contributed by atoms with Gasteiger partial charge in [-0.1, -0.05) is 11.6 Å². The van der Waals surface area contributed by atoms with E-state index in [0.717, 1.165) is 12.4 Å². The Kier molecular flexibility index (Phi) is 3.96. The number of hydrogen-bond donors (Lipinski definition) is 0. The van der Waals surface area contributed by atoms with Crippen LogP contribution in [-0.2, 0) is 4.74 Å². The number of hydrogen-bond acceptors (Lipinski definition) is 3. The van der Waals surface area contributed by atoms with Crippen molar-refractivity contribution >= 4 is 17.6 Å². The molecule has 1 aromatic rings. The van der Waals surface area contributed by atoms with Crippen molar-refractivity contribution in [3.05, 3.63) is 28.5 Å². The Bertz CT molecular complexity index is 371. The Morgan fingerprint density at radius 1 is 1.60 bits per heavy atom. The molecule has 0 saturated heterocycles. The van der Waals surface area contributed by atoms with Gasteiger partial charge in [-0.25, -0.2) is 13.6 Å². The van der Waals surface area contributed by atoms with Crippen molar-refractivity contribution in [1.29, 1.82) is 0 Å². The second kappa shape index (κ2) is 5.02. The molecule has 0 amide bonds. The van der Waals surface area contributed by atoms with Crippen LogP contribution < -0.4 is 0 Å². The summed E-state index contributed by atoms with van der Waals surface area (Å²) in [4.78, 5) is 14.8. The van der Waals surface area contributed by atoms with Crippen molar-refractivity contribution in [2.45, 2.75) is 13.3 Å². The van der Waals surface area contributed by atoms with Crippen molar-refractivity contribution in [3.8, 4) is 0 Å². The summed E-state index contributed by atoms with van der Waals surface area (Å²) in [6.45, 7) is 1.69. The molecule has 1 heterocycles. The second-order valence-electron chi connectivity index (χ2n) is 2.60. The fourth-order valence-corrected chi connectivity index (χ4v) is 1.28. The van der Waals surface area contributed by atoms with Gasteiger partial charge in [0.15, 0.2) is 0 Å². The second-order valence-corrected chi connectivity index (χ2v) is 3.01. The Hall–Kier alpha value is -1.23. The van der Waals surface area contributed by atoms with Gasteiger partial charge in [0.2, 0.25) is 0 Å². The average Bonchev–Trinajstić information content (AvgIpc) is 2.17. The topological polar surface area (TPSA) is 39.2 Å². The number of halogens is 3. The molecule has 0 unspecified atom stereocenters. The van der Waals surface area contributed by atoms with Gasteiger partial charge in [-0.15, -0.1) is 0 Å². The number of carbonyl (C=O) groups excluding carboxylic acids is 1. The molecule has 0 saturated carbocycles. The van der Waals surface area contributed by atoms with Gasteiger partial charge < -0.3 is 4.74 Å². The quantitative estimate of drug-likeness (QED) is 0.757. The molecule has 1 rings (SSSR count). The van der Waals surface area contributed by atoms with Gasteiger partial charge in [0.1, 0.15) is 0 Å². The van der Waals surface area contributed by atoms with Crippen molar-refractivity contribution in [1.82, 2.24) is 4.98 Å². The normalized spacial score (nSPS) is 10.5. The average molecular weight is 236 g/mol. The van der Waals surface area contributed by atoms with Crippen LogP contribution >= 0.6 is 11.6 Å². The minimum Gasteiger partial charge on any atom is -0.462 e. The number of carbonyl (C=O) groups is 1. The highest BCUT2D eigenvalue weighted by Gasteiger charge is 2.22. The maximum absolute atomic E-state index is 12.6. The molecule has 0 N–H and O–H groups in total. The lowest BCUT2D eigenvalue weighted by molar-refractivity contribution is 0.0515. The van der Waals surface area contributed by atoms with Crippen LogP contribution in [0, 0.1) is 0 Å². The lowest BCUT2D eigenvalue weighted by Gasteiger charge is -2.08.